The molecule has 1 amide bonds. The van der Waals surface area contributed by atoms with Gasteiger partial charge in [0.25, 0.3) is 7.82 Å². The molecule has 9 heteroatoms. The summed E-state index contributed by atoms with van der Waals surface area (Å²) in [5.41, 5.74) is 0. The number of carbonyl (C=O) groups is 1. The Kier molecular flexibility index (Phi) is 39.1. The second-order valence-electron chi connectivity index (χ2n) is 17.8. The van der Waals surface area contributed by atoms with Crippen molar-refractivity contribution >= 4 is 13.7 Å². The molecule has 0 radical (unpaired) electrons. The van der Waals surface area contributed by atoms with Gasteiger partial charge in [0.05, 0.1) is 39.9 Å². The van der Waals surface area contributed by atoms with E-state index in [0.717, 1.165) is 38.5 Å². The van der Waals surface area contributed by atoms with Crippen molar-refractivity contribution in [3.63, 3.8) is 0 Å². The number of carbonyl (C=O) groups excluding carboxylic acids is 1. The van der Waals surface area contributed by atoms with E-state index in [0.29, 0.717) is 17.4 Å². The number of amides is 1. The average molecular weight is 815 g/mol. The molecule has 334 valence electrons. The molecule has 0 aliphatic rings. The Hall–Kier alpha value is -0.760. The van der Waals surface area contributed by atoms with Crippen molar-refractivity contribution in [1.29, 1.82) is 0 Å². The molecule has 2 N–H and O–H groups in total. The lowest BCUT2D eigenvalue weighted by Gasteiger charge is -2.29. The second-order valence-corrected chi connectivity index (χ2v) is 19.2. The predicted molar refractivity (Wildman–Crippen MR) is 238 cm³/mol. The van der Waals surface area contributed by atoms with Gasteiger partial charge in [-0.25, -0.2) is 0 Å². The number of aliphatic hydroxyl groups excluding tert-OH is 1. The van der Waals surface area contributed by atoms with Gasteiger partial charge in [-0.3, -0.25) is 9.36 Å². The number of nitrogens with zero attached hydrogens (tertiary/aromatic N) is 1. The van der Waals surface area contributed by atoms with Gasteiger partial charge < -0.3 is 28.8 Å². The lowest BCUT2D eigenvalue weighted by molar-refractivity contribution is -0.870. The van der Waals surface area contributed by atoms with Gasteiger partial charge in [-0.15, -0.1) is 0 Å². The van der Waals surface area contributed by atoms with E-state index in [1.807, 2.05) is 27.2 Å². The summed E-state index contributed by atoms with van der Waals surface area (Å²) in [6.45, 7) is 4.63. The Morgan fingerprint density at radius 1 is 0.607 bits per heavy atom. The maximum absolute atomic E-state index is 12.8. The number of hydrogen-bond donors (Lipinski definition) is 2. The molecule has 0 aromatic carbocycles. The van der Waals surface area contributed by atoms with Crippen LogP contribution in [-0.4, -0.2) is 68.5 Å². The van der Waals surface area contributed by atoms with E-state index in [4.69, 9.17) is 9.05 Å². The van der Waals surface area contributed by atoms with Gasteiger partial charge >= 0.3 is 0 Å². The fourth-order valence-corrected chi connectivity index (χ4v) is 7.88. The number of allylic oxidation sites excluding steroid dienone is 1. The monoisotopic (exact) mass is 815 g/mol. The first kappa shape index (κ1) is 55.2. The van der Waals surface area contributed by atoms with Crippen molar-refractivity contribution in [1.82, 2.24) is 5.32 Å². The van der Waals surface area contributed by atoms with E-state index in [9.17, 15) is 19.4 Å². The van der Waals surface area contributed by atoms with Gasteiger partial charge in [0, 0.05) is 6.42 Å². The van der Waals surface area contributed by atoms with Crippen molar-refractivity contribution in [2.75, 3.05) is 40.9 Å². The van der Waals surface area contributed by atoms with Gasteiger partial charge in [0.2, 0.25) is 5.91 Å². The molecular weight excluding hydrogens is 719 g/mol. The number of likely N-dealkylation sites (N-methyl/N-ethyl adjacent to an activating group) is 1. The van der Waals surface area contributed by atoms with Crippen molar-refractivity contribution < 1.29 is 32.9 Å². The Balaban J connectivity index is 4.08. The summed E-state index contributed by atoms with van der Waals surface area (Å²) in [6.07, 6.45) is 45.7. The third-order valence-corrected chi connectivity index (χ3v) is 12.0. The topological polar surface area (TPSA) is 108 Å². The first-order chi connectivity index (χ1) is 27.0. The molecule has 0 saturated carbocycles. The highest BCUT2D eigenvalue weighted by atomic mass is 31.2. The van der Waals surface area contributed by atoms with Crippen molar-refractivity contribution in [2.45, 2.75) is 244 Å². The highest BCUT2D eigenvalue weighted by Gasteiger charge is 2.23. The molecule has 0 aromatic rings. The van der Waals surface area contributed by atoms with E-state index in [2.05, 4.69) is 19.2 Å². The first-order valence-electron chi connectivity index (χ1n) is 24.1. The third-order valence-electron chi connectivity index (χ3n) is 11.0. The Morgan fingerprint density at radius 2 is 0.964 bits per heavy atom. The average Bonchev–Trinajstić information content (AvgIpc) is 3.15. The van der Waals surface area contributed by atoms with Crippen molar-refractivity contribution in [2.24, 2.45) is 0 Å². The Morgan fingerprint density at radius 3 is 1.34 bits per heavy atom. The van der Waals surface area contributed by atoms with Crippen molar-refractivity contribution in [3.05, 3.63) is 12.2 Å². The summed E-state index contributed by atoms with van der Waals surface area (Å²) in [4.78, 5) is 25.2. The quantitative estimate of drug-likeness (QED) is 0.0274. The summed E-state index contributed by atoms with van der Waals surface area (Å²) in [6, 6.07) is -0.878. The van der Waals surface area contributed by atoms with Gasteiger partial charge in [-0.2, -0.15) is 0 Å². The molecule has 0 fully saturated rings. The molecule has 56 heavy (non-hydrogen) atoms. The first-order valence-corrected chi connectivity index (χ1v) is 25.5. The number of aliphatic hydroxyl groups is 1. The second kappa shape index (κ2) is 39.7. The van der Waals surface area contributed by atoms with Gasteiger partial charge in [0.15, 0.2) is 0 Å². The lowest BCUT2D eigenvalue weighted by atomic mass is 10.0. The molecule has 8 nitrogen and oxygen atoms in total. The molecule has 0 saturated heterocycles. The standard InChI is InChI=1S/C47H95N2O6P/c1-6-8-10-12-14-16-17-18-19-20-21-22-23-24-25-26-27-28-29-30-31-33-35-37-39-41-47(51)48-45(44-55-56(52,53)54-43-42-49(3,4)5)46(50)40-38-36-34-32-15-13-11-9-7-2/h38,40,45-46,50H,6-37,39,41-44H2,1-5H3,(H-,48,51,52,53)/b40-38+/t45-,46+/m0/s1. The van der Waals surface area contributed by atoms with Crippen LogP contribution in [0.1, 0.15) is 232 Å². The van der Waals surface area contributed by atoms with Crippen LogP contribution in [0, 0.1) is 0 Å². The van der Waals surface area contributed by atoms with E-state index in [1.54, 1.807) is 6.08 Å². The fourth-order valence-electron chi connectivity index (χ4n) is 7.15. The molecule has 1 unspecified atom stereocenters. The minimum Gasteiger partial charge on any atom is -0.756 e. The van der Waals surface area contributed by atoms with Crippen LogP contribution in [0.2, 0.25) is 0 Å². The van der Waals surface area contributed by atoms with E-state index < -0.39 is 20.0 Å². The molecule has 0 aromatic heterocycles. The summed E-state index contributed by atoms with van der Waals surface area (Å²) in [5, 5.41) is 13.7. The zero-order valence-corrected chi connectivity index (χ0v) is 38.7. The van der Waals surface area contributed by atoms with Crippen LogP contribution in [0.15, 0.2) is 12.2 Å². The van der Waals surface area contributed by atoms with Crippen LogP contribution in [-0.2, 0) is 18.4 Å². The Bertz CT molecular complexity index is 927. The zero-order chi connectivity index (χ0) is 41.4. The van der Waals surface area contributed by atoms with Gasteiger partial charge in [-0.1, -0.05) is 219 Å². The normalized spacial score (nSPS) is 14.3. The van der Waals surface area contributed by atoms with Gasteiger partial charge in [-0.05, 0) is 19.3 Å². The maximum Gasteiger partial charge on any atom is 0.268 e. The molecular formula is C47H95N2O6P. The number of rotatable bonds is 44. The highest BCUT2D eigenvalue weighted by molar-refractivity contribution is 7.45. The van der Waals surface area contributed by atoms with Gasteiger partial charge in [0.1, 0.15) is 13.2 Å². The number of hydrogen-bond acceptors (Lipinski definition) is 6. The maximum atomic E-state index is 12.8. The van der Waals surface area contributed by atoms with Crippen LogP contribution in [0.4, 0.5) is 0 Å². The number of phosphoric ester groups is 1. The largest absolute Gasteiger partial charge is 0.756 e. The molecule has 0 aliphatic heterocycles. The number of unbranched alkanes of at least 4 members (excludes halogenated alkanes) is 31. The van der Waals surface area contributed by atoms with Crippen LogP contribution in [0.5, 0.6) is 0 Å². The summed E-state index contributed by atoms with van der Waals surface area (Å²) in [5.74, 6) is -0.195. The minimum absolute atomic E-state index is 0.00178. The zero-order valence-electron chi connectivity index (χ0n) is 37.9. The number of nitrogens with one attached hydrogen (secondary N) is 1. The predicted octanol–water partition coefficient (Wildman–Crippen LogP) is 12.9. The van der Waals surface area contributed by atoms with E-state index >= 15 is 0 Å². The van der Waals surface area contributed by atoms with Crippen LogP contribution in [0.25, 0.3) is 0 Å². The minimum atomic E-state index is -4.58. The molecule has 0 spiro atoms. The summed E-state index contributed by atoms with van der Waals surface area (Å²) >= 11 is 0. The number of quaternary nitrogens is 1. The van der Waals surface area contributed by atoms with Crippen LogP contribution in [0.3, 0.4) is 0 Å². The summed E-state index contributed by atoms with van der Waals surface area (Å²) in [7, 11) is 1.27. The molecule has 0 heterocycles. The van der Waals surface area contributed by atoms with E-state index in [-0.39, 0.29) is 19.1 Å². The molecule has 0 bridgehead atoms. The fraction of sp³-hybridized carbons (Fsp3) is 0.936. The molecule has 3 atom stereocenters. The number of phosphoric acid groups is 1. The van der Waals surface area contributed by atoms with Crippen molar-refractivity contribution in [3.8, 4) is 0 Å². The molecule has 0 rings (SSSR count). The van der Waals surface area contributed by atoms with Crippen LogP contribution >= 0.6 is 7.82 Å². The third kappa shape index (κ3) is 41.4. The lowest BCUT2D eigenvalue weighted by Crippen LogP contribution is -2.45. The smallest absolute Gasteiger partial charge is 0.268 e. The Labute approximate surface area is 348 Å². The summed E-state index contributed by atoms with van der Waals surface area (Å²) < 4.78 is 23.1. The molecule has 0 aliphatic carbocycles. The SMILES string of the molecule is CCCCCCCCC/C=C/[C@@H](O)[C@H](COP(=O)([O-])OCC[N+](C)(C)C)NC(=O)CCCCCCCCCCCCCCCCCCCCCCCCCCC. The van der Waals surface area contributed by atoms with Crippen LogP contribution < -0.4 is 10.2 Å². The highest BCUT2D eigenvalue weighted by Crippen LogP contribution is 2.38. The van der Waals surface area contributed by atoms with E-state index in [1.165, 1.54) is 173 Å².